The molecule has 1 saturated heterocycles. The molecule has 1 heterocycles. The average molecular weight is 450 g/mol. The maximum atomic E-state index is 13.6. The fraction of sp³-hybridized carbons (Fsp3) is 0.588. The molecule has 0 aromatic heterocycles. The molecule has 1 aliphatic rings. The zero-order chi connectivity index (χ0) is 16.7. The molecule has 0 bridgehead atoms. The summed E-state index contributed by atoms with van der Waals surface area (Å²) < 4.78 is 19.0. The molecule has 7 heteroatoms. The van der Waals surface area contributed by atoms with E-state index < -0.39 is 0 Å². The van der Waals surface area contributed by atoms with Crippen molar-refractivity contribution in [2.45, 2.75) is 19.9 Å². The van der Waals surface area contributed by atoms with Crippen molar-refractivity contribution < 1.29 is 9.13 Å². The van der Waals surface area contributed by atoms with Crippen LogP contribution in [0.15, 0.2) is 29.3 Å². The Morgan fingerprint density at radius 3 is 2.71 bits per heavy atom. The molecule has 24 heavy (non-hydrogen) atoms. The third-order valence-corrected chi connectivity index (χ3v) is 3.82. The van der Waals surface area contributed by atoms with Gasteiger partial charge in [0, 0.05) is 26.2 Å². The molecule has 1 fully saturated rings. The van der Waals surface area contributed by atoms with Gasteiger partial charge in [-0.1, -0.05) is 26.0 Å². The van der Waals surface area contributed by atoms with Crippen LogP contribution in [0.2, 0.25) is 0 Å². The lowest BCUT2D eigenvalue weighted by atomic mass is 10.0. The molecule has 0 spiro atoms. The van der Waals surface area contributed by atoms with Crippen LogP contribution < -0.4 is 11.1 Å². The summed E-state index contributed by atoms with van der Waals surface area (Å²) in [6, 6.07) is 6.79. The van der Waals surface area contributed by atoms with Gasteiger partial charge in [-0.05, 0) is 23.6 Å². The summed E-state index contributed by atoms with van der Waals surface area (Å²) >= 11 is 0. The lowest BCUT2D eigenvalue weighted by Crippen LogP contribution is -2.45. The summed E-state index contributed by atoms with van der Waals surface area (Å²) in [6.07, 6.45) is 0. The first kappa shape index (κ1) is 21.1. The normalized spacial score (nSPS) is 17.4. The Kier molecular flexibility index (Phi) is 9.53. The molecule has 0 saturated carbocycles. The first-order valence-electron chi connectivity index (χ1n) is 8.17. The predicted octanol–water partition coefficient (Wildman–Crippen LogP) is 2.38. The van der Waals surface area contributed by atoms with Crippen molar-refractivity contribution >= 4 is 29.9 Å². The zero-order valence-corrected chi connectivity index (χ0v) is 16.7. The van der Waals surface area contributed by atoms with Gasteiger partial charge in [0.1, 0.15) is 5.82 Å². The van der Waals surface area contributed by atoms with Gasteiger partial charge in [0.25, 0.3) is 0 Å². The van der Waals surface area contributed by atoms with E-state index in [1.54, 1.807) is 12.1 Å². The summed E-state index contributed by atoms with van der Waals surface area (Å²) in [5.74, 6) is 0.684. The fourth-order valence-electron chi connectivity index (χ4n) is 2.60. The number of halogens is 2. The van der Waals surface area contributed by atoms with Gasteiger partial charge in [0.2, 0.25) is 0 Å². The Balaban J connectivity index is 0.00000288. The average Bonchev–Trinajstić information content (AvgIpc) is 2.54. The van der Waals surface area contributed by atoms with Crippen molar-refractivity contribution in [2.24, 2.45) is 16.6 Å². The maximum Gasteiger partial charge on any atom is 0.188 e. The molecule has 0 amide bonds. The topological polar surface area (TPSA) is 62.9 Å². The van der Waals surface area contributed by atoms with E-state index >= 15 is 0 Å². The number of hydrogen-bond acceptors (Lipinski definition) is 3. The second-order valence-electron chi connectivity index (χ2n) is 6.22. The van der Waals surface area contributed by atoms with Crippen LogP contribution in [0, 0.1) is 11.7 Å². The van der Waals surface area contributed by atoms with Crippen molar-refractivity contribution in [3.8, 4) is 0 Å². The van der Waals surface area contributed by atoms with Gasteiger partial charge < -0.3 is 15.8 Å². The van der Waals surface area contributed by atoms with Crippen LogP contribution in [-0.4, -0.2) is 50.3 Å². The quantitative estimate of drug-likeness (QED) is 0.397. The summed E-state index contributed by atoms with van der Waals surface area (Å²) in [5.41, 5.74) is 6.87. The minimum absolute atomic E-state index is 0. The minimum atomic E-state index is -0.220. The van der Waals surface area contributed by atoms with Crippen LogP contribution in [0.4, 0.5) is 4.39 Å². The minimum Gasteiger partial charge on any atom is -0.379 e. The van der Waals surface area contributed by atoms with Crippen molar-refractivity contribution in [3.63, 3.8) is 0 Å². The van der Waals surface area contributed by atoms with E-state index in [0.717, 1.165) is 18.7 Å². The third-order valence-electron chi connectivity index (χ3n) is 3.82. The van der Waals surface area contributed by atoms with Crippen molar-refractivity contribution in [3.05, 3.63) is 35.6 Å². The number of aliphatic imine (C=N–C) groups is 1. The van der Waals surface area contributed by atoms with Crippen LogP contribution in [0.3, 0.4) is 0 Å². The summed E-state index contributed by atoms with van der Waals surface area (Å²) in [6.45, 7) is 8.53. The van der Waals surface area contributed by atoms with Gasteiger partial charge in [-0.3, -0.25) is 9.89 Å². The Bertz CT molecular complexity index is 521. The number of guanidine groups is 1. The number of benzene rings is 1. The van der Waals surface area contributed by atoms with E-state index in [2.05, 4.69) is 29.1 Å². The van der Waals surface area contributed by atoms with Crippen LogP contribution in [0.25, 0.3) is 0 Å². The highest BCUT2D eigenvalue weighted by Gasteiger charge is 2.23. The van der Waals surface area contributed by atoms with Crippen LogP contribution in [-0.2, 0) is 4.74 Å². The first-order valence-corrected chi connectivity index (χ1v) is 8.17. The number of nitrogens with zero attached hydrogens (tertiary/aromatic N) is 2. The lowest BCUT2D eigenvalue weighted by Gasteiger charge is -2.35. The number of rotatable bonds is 6. The van der Waals surface area contributed by atoms with Crippen LogP contribution >= 0.6 is 24.0 Å². The van der Waals surface area contributed by atoms with E-state index in [1.165, 1.54) is 6.07 Å². The molecular formula is C17H28FIN4O. The SMILES string of the molecule is CC(C)CN=C(N)NCC(c1cccc(F)c1)N1CCOCC1.I. The number of hydrogen-bond donors (Lipinski definition) is 2. The number of morpholine rings is 1. The Morgan fingerprint density at radius 2 is 2.08 bits per heavy atom. The molecular weight excluding hydrogens is 422 g/mol. The molecule has 1 atom stereocenters. The molecule has 3 N–H and O–H groups in total. The second kappa shape index (κ2) is 10.8. The van der Waals surface area contributed by atoms with Gasteiger partial charge >= 0.3 is 0 Å². The van der Waals surface area contributed by atoms with Gasteiger partial charge in [-0.2, -0.15) is 0 Å². The van der Waals surface area contributed by atoms with Gasteiger partial charge in [0.15, 0.2) is 5.96 Å². The van der Waals surface area contributed by atoms with Crippen LogP contribution in [0.5, 0.6) is 0 Å². The molecule has 1 aromatic carbocycles. The third kappa shape index (κ3) is 6.90. The molecule has 136 valence electrons. The van der Waals surface area contributed by atoms with Gasteiger partial charge in [0.05, 0.1) is 19.3 Å². The summed E-state index contributed by atoms with van der Waals surface area (Å²) in [4.78, 5) is 6.61. The lowest BCUT2D eigenvalue weighted by molar-refractivity contribution is 0.0169. The van der Waals surface area contributed by atoms with Crippen molar-refractivity contribution in [1.29, 1.82) is 0 Å². The number of ether oxygens (including phenoxy) is 1. The van der Waals surface area contributed by atoms with E-state index in [9.17, 15) is 4.39 Å². The Labute approximate surface area is 160 Å². The smallest absolute Gasteiger partial charge is 0.188 e. The van der Waals surface area contributed by atoms with Crippen LogP contribution in [0.1, 0.15) is 25.5 Å². The highest BCUT2D eigenvalue weighted by atomic mass is 127. The number of nitrogens with one attached hydrogen (secondary N) is 1. The summed E-state index contributed by atoms with van der Waals surface area (Å²) in [7, 11) is 0. The van der Waals surface area contributed by atoms with Gasteiger partial charge in [-0.15, -0.1) is 24.0 Å². The van der Waals surface area contributed by atoms with Gasteiger partial charge in [-0.25, -0.2) is 4.39 Å². The molecule has 0 radical (unpaired) electrons. The maximum absolute atomic E-state index is 13.6. The Hall–Kier alpha value is -0.930. The number of nitrogens with two attached hydrogens (primary N) is 1. The highest BCUT2D eigenvalue weighted by Crippen LogP contribution is 2.22. The van der Waals surface area contributed by atoms with E-state index in [1.807, 2.05) is 6.07 Å². The molecule has 0 aliphatic carbocycles. The molecule has 1 unspecified atom stereocenters. The molecule has 2 rings (SSSR count). The fourth-order valence-corrected chi connectivity index (χ4v) is 2.60. The van der Waals surface area contributed by atoms with E-state index in [4.69, 9.17) is 10.5 Å². The monoisotopic (exact) mass is 450 g/mol. The van der Waals surface area contributed by atoms with E-state index in [0.29, 0.717) is 38.2 Å². The Morgan fingerprint density at radius 1 is 1.38 bits per heavy atom. The first-order chi connectivity index (χ1) is 11.1. The highest BCUT2D eigenvalue weighted by molar-refractivity contribution is 14.0. The predicted molar refractivity (Wildman–Crippen MR) is 106 cm³/mol. The molecule has 1 aliphatic heterocycles. The second-order valence-corrected chi connectivity index (χ2v) is 6.22. The largest absolute Gasteiger partial charge is 0.379 e. The van der Waals surface area contributed by atoms with E-state index in [-0.39, 0.29) is 35.8 Å². The molecule has 5 nitrogen and oxygen atoms in total. The van der Waals surface area contributed by atoms with Crippen molar-refractivity contribution in [1.82, 2.24) is 10.2 Å². The standard InChI is InChI=1S/C17H27FN4O.HI/c1-13(2)11-20-17(19)21-12-16(22-6-8-23-9-7-22)14-4-3-5-15(18)10-14;/h3-5,10,13,16H,6-9,11-12H2,1-2H3,(H3,19,20,21);1H. The summed E-state index contributed by atoms with van der Waals surface area (Å²) in [5, 5.41) is 3.18. The zero-order valence-electron chi connectivity index (χ0n) is 14.4. The molecule has 1 aromatic rings. The van der Waals surface area contributed by atoms with Crippen molar-refractivity contribution in [2.75, 3.05) is 39.4 Å².